The number of rotatable bonds is 1. The molecule has 0 bridgehead atoms. The van der Waals surface area contributed by atoms with Crippen molar-refractivity contribution in [2.75, 3.05) is 0 Å². The van der Waals surface area contributed by atoms with Gasteiger partial charge in [0.25, 0.3) is 0 Å². The largest absolute Gasteiger partial charge is 0.356 e. The highest BCUT2D eigenvalue weighted by atomic mass is 35.5. The Morgan fingerprint density at radius 3 is 2.67 bits per heavy atom. The zero-order valence-corrected chi connectivity index (χ0v) is 11.1. The highest BCUT2D eigenvalue weighted by Crippen LogP contribution is 2.31. The second kappa shape index (κ2) is 4.30. The highest BCUT2D eigenvalue weighted by Gasteiger charge is 2.11. The number of aromatic nitrogens is 1. The minimum Gasteiger partial charge on any atom is -0.356 e. The topological polar surface area (TPSA) is 26.0 Å². The van der Waals surface area contributed by atoms with Crippen molar-refractivity contribution < 1.29 is 4.52 Å². The number of halogens is 2. The van der Waals surface area contributed by atoms with Gasteiger partial charge < -0.3 is 4.52 Å². The van der Waals surface area contributed by atoms with Gasteiger partial charge in [0.15, 0.2) is 5.58 Å². The fourth-order valence-electron chi connectivity index (χ4n) is 1.86. The number of benzene rings is 2. The van der Waals surface area contributed by atoms with Crippen LogP contribution in [0.2, 0.25) is 10.0 Å². The molecule has 0 amide bonds. The third-order valence-electron chi connectivity index (χ3n) is 2.88. The van der Waals surface area contributed by atoms with E-state index >= 15 is 0 Å². The standard InChI is InChI=1S/C14H9Cl2NO/c1-8-2-3-9(6-12(8)16)14-11-5-4-10(15)7-13(11)18-17-14/h2-7H,1H3. The van der Waals surface area contributed by atoms with Crippen molar-refractivity contribution in [2.45, 2.75) is 6.92 Å². The van der Waals surface area contributed by atoms with Crippen molar-refractivity contribution in [2.24, 2.45) is 0 Å². The Hall–Kier alpha value is -1.51. The summed E-state index contributed by atoms with van der Waals surface area (Å²) in [6.45, 7) is 1.97. The molecule has 0 fully saturated rings. The predicted octanol–water partition coefficient (Wildman–Crippen LogP) is 5.11. The summed E-state index contributed by atoms with van der Waals surface area (Å²) in [6.07, 6.45) is 0. The lowest BCUT2D eigenvalue weighted by Gasteiger charge is -2.01. The normalized spacial score (nSPS) is 11.1. The molecule has 0 aliphatic rings. The minimum atomic E-state index is 0.632. The zero-order chi connectivity index (χ0) is 12.7. The van der Waals surface area contributed by atoms with Gasteiger partial charge in [-0.2, -0.15) is 0 Å². The minimum absolute atomic E-state index is 0.632. The SMILES string of the molecule is Cc1ccc(-c2noc3cc(Cl)ccc23)cc1Cl. The van der Waals surface area contributed by atoms with E-state index in [1.165, 1.54) is 0 Å². The Bertz CT molecular complexity index is 734. The molecule has 1 heterocycles. The second-order valence-electron chi connectivity index (χ2n) is 4.14. The van der Waals surface area contributed by atoms with E-state index in [1.54, 1.807) is 6.07 Å². The first-order chi connectivity index (χ1) is 8.65. The van der Waals surface area contributed by atoms with Gasteiger partial charge in [0.05, 0.1) is 0 Å². The molecule has 2 nitrogen and oxygen atoms in total. The van der Waals surface area contributed by atoms with E-state index in [0.29, 0.717) is 10.6 Å². The van der Waals surface area contributed by atoms with Crippen LogP contribution in [0.5, 0.6) is 0 Å². The first-order valence-electron chi connectivity index (χ1n) is 5.46. The summed E-state index contributed by atoms with van der Waals surface area (Å²) in [4.78, 5) is 0. The van der Waals surface area contributed by atoms with Crippen LogP contribution in [0, 0.1) is 6.92 Å². The molecule has 4 heteroatoms. The number of hydrogen-bond acceptors (Lipinski definition) is 2. The van der Waals surface area contributed by atoms with Crippen LogP contribution >= 0.6 is 23.2 Å². The van der Waals surface area contributed by atoms with Crippen molar-refractivity contribution in [3.8, 4) is 11.3 Å². The number of nitrogens with zero attached hydrogens (tertiary/aromatic N) is 1. The zero-order valence-electron chi connectivity index (χ0n) is 9.58. The highest BCUT2D eigenvalue weighted by molar-refractivity contribution is 6.32. The Morgan fingerprint density at radius 2 is 1.89 bits per heavy atom. The molecule has 0 N–H and O–H groups in total. The second-order valence-corrected chi connectivity index (χ2v) is 4.98. The van der Waals surface area contributed by atoms with E-state index in [-0.39, 0.29) is 0 Å². The van der Waals surface area contributed by atoms with Crippen LogP contribution in [-0.4, -0.2) is 5.16 Å². The molecule has 0 atom stereocenters. The van der Waals surface area contributed by atoms with E-state index in [1.807, 2.05) is 37.3 Å². The van der Waals surface area contributed by atoms with Crippen molar-refractivity contribution in [1.82, 2.24) is 5.16 Å². The molecule has 0 saturated heterocycles. The summed E-state index contributed by atoms with van der Waals surface area (Å²) in [5.41, 5.74) is 3.43. The van der Waals surface area contributed by atoms with Gasteiger partial charge in [-0.1, -0.05) is 40.5 Å². The molecule has 1 aromatic heterocycles. The van der Waals surface area contributed by atoms with Gasteiger partial charge in [0, 0.05) is 27.1 Å². The van der Waals surface area contributed by atoms with Crippen LogP contribution in [0.4, 0.5) is 0 Å². The Morgan fingerprint density at radius 1 is 1.06 bits per heavy atom. The molecule has 0 radical (unpaired) electrons. The van der Waals surface area contributed by atoms with E-state index < -0.39 is 0 Å². The van der Waals surface area contributed by atoms with E-state index in [2.05, 4.69) is 5.16 Å². The molecular weight excluding hydrogens is 269 g/mol. The number of aryl methyl sites for hydroxylation is 1. The van der Waals surface area contributed by atoms with Crippen LogP contribution < -0.4 is 0 Å². The van der Waals surface area contributed by atoms with Gasteiger partial charge in [0.2, 0.25) is 0 Å². The average molecular weight is 278 g/mol. The fourth-order valence-corrected chi connectivity index (χ4v) is 2.20. The molecule has 0 aliphatic carbocycles. The Kier molecular flexibility index (Phi) is 2.77. The first-order valence-corrected chi connectivity index (χ1v) is 6.22. The smallest absolute Gasteiger partial charge is 0.169 e. The third-order valence-corrected chi connectivity index (χ3v) is 3.52. The van der Waals surface area contributed by atoms with Crippen molar-refractivity contribution >= 4 is 34.2 Å². The van der Waals surface area contributed by atoms with Crippen molar-refractivity contribution in [1.29, 1.82) is 0 Å². The maximum atomic E-state index is 6.13. The number of hydrogen-bond donors (Lipinski definition) is 0. The van der Waals surface area contributed by atoms with E-state index in [0.717, 1.165) is 27.2 Å². The number of fused-ring (bicyclic) bond motifs is 1. The van der Waals surface area contributed by atoms with E-state index in [9.17, 15) is 0 Å². The van der Waals surface area contributed by atoms with Crippen LogP contribution in [0.3, 0.4) is 0 Å². The average Bonchev–Trinajstić information content (AvgIpc) is 2.75. The predicted molar refractivity (Wildman–Crippen MR) is 74.2 cm³/mol. The summed E-state index contributed by atoms with van der Waals surface area (Å²) in [5, 5.41) is 6.37. The monoisotopic (exact) mass is 277 g/mol. The summed E-state index contributed by atoms with van der Waals surface area (Å²) in [5.74, 6) is 0. The molecule has 2 aromatic carbocycles. The molecule has 90 valence electrons. The van der Waals surface area contributed by atoms with Gasteiger partial charge in [-0.05, 0) is 30.7 Å². The molecule has 0 saturated carbocycles. The Balaban J connectivity index is 2.22. The van der Waals surface area contributed by atoms with Gasteiger partial charge >= 0.3 is 0 Å². The molecular formula is C14H9Cl2NO. The van der Waals surface area contributed by atoms with Gasteiger partial charge in [-0.3, -0.25) is 0 Å². The van der Waals surface area contributed by atoms with Crippen molar-refractivity contribution in [3.05, 3.63) is 52.0 Å². The summed E-state index contributed by atoms with van der Waals surface area (Å²) < 4.78 is 5.28. The summed E-state index contributed by atoms with van der Waals surface area (Å²) in [6, 6.07) is 11.3. The Labute approximate surface area is 114 Å². The van der Waals surface area contributed by atoms with E-state index in [4.69, 9.17) is 27.7 Å². The first kappa shape index (κ1) is 11.6. The molecule has 0 spiro atoms. The van der Waals surface area contributed by atoms with Crippen LogP contribution in [0.1, 0.15) is 5.56 Å². The van der Waals surface area contributed by atoms with Gasteiger partial charge in [0.1, 0.15) is 5.69 Å². The summed E-state index contributed by atoms with van der Waals surface area (Å²) >= 11 is 12.0. The van der Waals surface area contributed by atoms with Crippen LogP contribution in [0.25, 0.3) is 22.2 Å². The molecule has 18 heavy (non-hydrogen) atoms. The molecule has 0 unspecified atom stereocenters. The molecule has 3 aromatic rings. The lowest BCUT2D eigenvalue weighted by atomic mass is 10.1. The third kappa shape index (κ3) is 1.88. The lowest BCUT2D eigenvalue weighted by molar-refractivity contribution is 0.459. The van der Waals surface area contributed by atoms with Gasteiger partial charge in [-0.25, -0.2) is 0 Å². The van der Waals surface area contributed by atoms with Crippen molar-refractivity contribution in [3.63, 3.8) is 0 Å². The van der Waals surface area contributed by atoms with Crippen LogP contribution in [-0.2, 0) is 0 Å². The quantitative estimate of drug-likeness (QED) is 0.618. The fraction of sp³-hybridized carbons (Fsp3) is 0.0714. The van der Waals surface area contributed by atoms with Crippen LogP contribution in [0.15, 0.2) is 40.9 Å². The maximum Gasteiger partial charge on any atom is 0.169 e. The molecule has 0 aliphatic heterocycles. The summed E-state index contributed by atoms with van der Waals surface area (Å²) in [7, 11) is 0. The maximum absolute atomic E-state index is 6.13. The molecule has 3 rings (SSSR count). The lowest BCUT2D eigenvalue weighted by Crippen LogP contribution is -1.81. The van der Waals surface area contributed by atoms with Gasteiger partial charge in [-0.15, -0.1) is 0 Å².